The van der Waals surface area contributed by atoms with Crippen LogP contribution in [0, 0.1) is 0 Å². The fraction of sp³-hybridized carbons (Fsp3) is 0.579. The van der Waals surface area contributed by atoms with Crippen LogP contribution in [0.5, 0.6) is 46.0 Å². The molecule has 0 spiro atoms. The molecule has 2 unspecified atom stereocenters. The molecule has 3 heterocycles. The first-order valence-corrected chi connectivity index (χ1v) is 25.8. The number of rotatable bonds is 16. The summed E-state index contributed by atoms with van der Waals surface area (Å²) in [4.78, 5) is 0. The van der Waals surface area contributed by atoms with Gasteiger partial charge >= 0.3 is 0 Å². The fourth-order valence-electron chi connectivity index (χ4n) is 10.9. The summed E-state index contributed by atoms with van der Waals surface area (Å²) >= 11 is 0. The second-order valence-electron chi connectivity index (χ2n) is 19.1. The van der Waals surface area contributed by atoms with E-state index in [1.54, 1.807) is 0 Å². The van der Waals surface area contributed by atoms with Crippen molar-refractivity contribution in [3.8, 4) is 46.0 Å². The van der Waals surface area contributed by atoms with Crippen LogP contribution in [0.1, 0.15) is 218 Å². The summed E-state index contributed by atoms with van der Waals surface area (Å²) in [6.07, 6.45) is 18.4. The monoisotopic (exact) mass is 889 g/mol. The number of phenols is 2. The Morgan fingerprint density at radius 1 is 0.323 bits per heavy atom. The van der Waals surface area contributed by atoms with Crippen LogP contribution in [0.15, 0.2) is 48.5 Å². The van der Waals surface area contributed by atoms with Crippen LogP contribution in [0.3, 0.4) is 0 Å². The van der Waals surface area contributed by atoms with Gasteiger partial charge < -0.3 is 38.6 Å². The predicted octanol–water partition coefficient (Wildman–Crippen LogP) is 14.7. The van der Waals surface area contributed by atoms with Crippen molar-refractivity contribution in [2.75, 3.05) is 39.6 Å². The standard InChI is InChI=1S/C57H76O8/c1-5-9-13-20-38-42-30-44-39(21-14-10-6-2)46-32-48-41(23-16-12-8-4)49-33-47-40(22-15-11-7-3)45-31-43(38)51(59)35-53(45)61-25-18-27-63-55(47)37-57(49)65-29-19-28-64-56(48)36-54(46)62-26-17-24-60-52(44)34-50(42)58/h30-41,58-59H,5-29H2,1-4H3/t38?,39-,40+,41?. The van der Waals surface area contributed by atoms with Gasteiger partial charge in [0.25, 0.3) is 0 Å². The highest BCUT2D eigenvalue weighted by atomic mass is 16.5. The lowest BCUT2D eigenvalue weighted by molar-refractivity contribution is 0.228. The molecular weight excluding hydrogens is 813 g/mol. The highest BCUT2D eigenvalue weighted by Crippen LogP contribution is 2.54. The van der Waals surface area contributed by atoms with Crippen molar-refractivity contribution < 1.29 is 38.6 Å². The number of fused-ring (bicyclic) bond motifs is 2. The molecule has 4 aromatic carbocycles. The van der Waals surface area contributed by atoms with Crippen LogP contribution in [-0.2, 0) is 0 Å². The molecular formula is C57H76O8. The van der Waals surface area contributed by atoms with Gasteiger partial charge in [0.05, 0.1) is 39.6 Å². The molecule has 0 amide bonds. The Labute approximate surface area is 389 Å². The lowest BCUT2D eigenvalue weighted by Crippen LogP contribution is -2.19. The van der Waals surface area contributed by atoms with E-state index in [4.69, 9.17) is 28.4 Å². The molecule has 4 aromatic rings. The molecule has 8 heteroatoms. The summed E-state index contributed by atoms with van der Waals surface area (Å²) in [5.74, 6) is 4.85. The Hall–Kier alpha value is -4.72. The zero-order chi connectivity index (χ0) is 45.1. The zero-order valence-electron chi connectivity index (χ0n) is 39.9. The van der Waals surface area contributed by atoms with Crippen LogP contribution in [0.2, 0.25) is 0 Å². The van der Waals surface area contributed by atoms with Gasteiger partial charge in [0.2, 0.25) is 0 Å². The van der Waals surface area contributed by atoms with Crippen molar-refractivity contribution in [2.45, 2.75) is 173 Å². The van der Waals surface area contributed by atoms with E-state index in [2.05, 4.69) is 64.1 Å². The highest BCUT2D eigenvalue weighted by molar-refractivity contribution is 5.63. The Bertz CT molecular complexity index is 2050. The number of ether oxygens (including phenoxy) is 6. The van der Waals surface area contributed by atoms with Crippen LogP contribution in [-0.4, -0.2) is 49.9 Å². The first-order chi connectivity index (χ1) is 31.9. The van der Waals surface area contributed by atoms with Crippen molar-refractivity contribution in [1.29, 1.82) is 0 Å². The summed E-state index contributed by atoms with van der Waals surface area (Å²) in [7, 11) is 0. The zero-order valence-corrected chi connectivity index (χ0v) is 39.9. The van der Waals surface area contributed by atoms with E-state index in [0.29, 0.717) is 52.5 Å². The number of hydrogen-bond acceptors (Lipinski definition) is 8. The molecule has 352 valence electrons. The molecule has 4 aliphatic rings. The van der Waals surface area contributed by atoms with E-state index in [0.717, 1.165) is 188 Å². The largest absolute Gasteiger partial charge is 0.508 e. The predicted molar refractivity (Wildman–Crippen MR) is 260 cm³/mol. The second kappa shape index (κ2) is 22.7. The summed E-state index contributed by atoms with van der Waals surface area (Å²) in [6, 6.07) is 17.5. The molecule has 0 fully saturated rings. The SMILES string of the molecule is CCCCCC1c2cc3c(cc2O)OCCCOc2cc4c(cc2[C@@H]3CCCCC)C(CCCCC)c2cc3c(cc2OCCCO4)OCCCOc2cc(O)c1cc2[C@@H]3CCCCC. The van der Waals surface area contributed by atoms with Crippen molar-refractivity contribution >= 4 is 0 Å². The smallest absolute Gasteiger partial charge is 0.126 e. The minimum Gasteiger partial charge on any atom is -0.508 e. The number of phenolic OH excluding ortho intramolecular Hbond substituents is 2. The number of unbranched alkanes of at least 4 members (excludes halogenated alkanes) is 8. The topological polar surface area (TPSA) is 95.8 Å². The van der Waals surface area contributed by atoms with Gasteiger partial charge in [-0.05, 0) is 49.9 Å². The molecule has 0 aromatic heterocycles. The third kappa shape index (κ3) is 10.6. The molecule has 0 radical (unpaired) electrons. The van der Waals surface area contributed by atoms with Crippen LogP contribution in [0.25, 0.3) is 0 Å². The summed E-state index contributed by atoms with van der Waals surface area (Å²) < 4.78 is 40.7. The van der Waals surface area contributed by atoms with Crippen LogP contribution >= 0.6 is 0 Å². The Kier molecular flexibility index (Phi) is 16.3. The number of hydrogen-bond donors (Lipinski definition) is 2. The van der Waals surface area contributed by atoms with E-state index < -0.39 is 0 Å². The fourth-order valence-corrected chi connectivity index (χ4v) is 10.9. The van der Waals surface area contributed by atoms with Gasteiger partial charge in [0.1, 0.15) is 46.0 Å². The van der Waals surface area contributed by atoms with Crippen molar-refractivity contribution in [1.82, 2.24) is 0 Å². The lowest BCUT2D eigenvalue weighted by Gasteiger charge is -2.33. The lowest BCUT2D eigenvalue weighted by atomic mass is 9.76. The van der Waals surface area contributed by atoms with E-state index in [9.17, 15) is 10.2 Å². The first kappa shape index (κ1) is 46.8. The van der Waals surface area contributed by atoms with E-state index in [-0.39, 0.29) is 35.2 Å². The minimum absolute atomic E-state index is 0.0355. The maximum atomic E-state index is 12.3. The molecule has 8 rings (SSSR count). The van der Waals surface area contributed by atoms with Gasteiger partial charge in [0, 0.05) is 112 Å². The molecule has 65 heavy (non-hydrogen) atoms. The number of aromatic hydroxyl groups is 2. The van der Waals surface area contributed by atoms with E-state index >= 15 is 0 Å². The Balaban J connectivity index is 1.51. The molecule has 1 aliphatic carbocycles. The van der Waals surface area contributed by atoms with Crippen LogP contribution < -0.4 is 28.4 Å². The van der Waals surface area contributed by atoms with Gasteiger partial charge in [-0.2, -0.15) is 0 Å². The van der Waals surface area contributed by atoms with Crippen LogP contribution in [0.4, 0.5) is 0 Å². The molecule has 8 nitrogen and oxygen atoms in total. The van der Waals surface area contributed by atoms with Crippen molar-refractivity contribution in [3.63, 3.8) is 0 Å². The highest BCUT2D eigenvalue weighted by Gasteiger charge is 2.35. The molecule has 2 N–H and O–H groups in total. The van der Waals surface area contributed by atoms with Crippen molar-refractivity contribution in [2.24, 2.45) is 0 Å². The number of benzene rings is 4. The molecule has 4 atom stereocenters. The normalized spacial score (nSPS) is 20.1. The molecule has 3 aliphatic heterocycles. The molecule has 0 saturated heterocycles. The Morgan fingerprint density at radius 2 is 0.554 bits per heavy atom. The van der Waals surface area contributed by atoms with Gasteiger partial charge in [-0.15, -0.1) is 0 Å². The van der Waals surface area contributed by atoms with E-state index in [1.165, 1.54) is 0 Å². The van der Waals surface area contributed by atoms with E-state index in [1.807, 2.05) is 12.1 Å². The van der Waals surface area contributed by atoms with Crippen molar-refractivity contribution in [3.05, 3.63) is 93.0 Å². The third-order valence-corrected chi connectivity index (χ3v) is 14.4. The summed E-state index contributed by atoms with van der Waals surface area (Å²) in [5.41, 5.74) is 8.35. The van der Waals surface area contributed by atoms with Gasteiger partial charge in [-0.3, -0.25) is 0 Å². The maximum absolute atomic E-state index is 12.3. The first-order valence-electron chi connectivity index (χ1n) is 25.8. The summed E-state index contributed by atoms with van der Waals surface area (Å²) in [6.45, 7) is 12.1. The maximum Gasteiger partial charge on any atom is 0.126 e. The van der Waals surface area contributed by atoms with Gasteiger partial charge in [-0.1, -0.05) is 105 Å². The third-order valence-electron chi connectivity index (χ3n) is 14.4. The quantitative estimate of drug-likeness (QED) is 0.107. The minimum atomic E-state index is -0.284. The van der Waals surface area contributed by atoms with Gasteiger partial charge in [0.15, 0.2) is 0 Å². The Morgan fingerprint density at radius 3 is 0.815 bits per heavy atom. The molecule has 0 saturated carbocycles. The summed E-state index contributed by atoms with van der Waals surface area (Å²) in [5, 5.41) is 24.7. The second-order valence-corrected chi connectivity index (χ2v) is 19.1. The average Bonchev–Trinajstić information content (AvgIpc) is 3.30. The van der Waals surface area contributed by atoms with Gasteiger partial charge in [-0.25, -0.2) is 0 Å². The average molecular weight is 889 g/mol. The molecule has 8 bridgehead atoms.